The molecule has 0 amide bonds. The Morgan fingerprint density at radius 3 is 2.70 bits per heavy atom. The fraction of sp³-hybridized carbons (Fsp3) is 0.250. The van der Waals surface area contributed by atoms with Gasteiger partial charge in [0, 0.05) is 11.9 Å². The smallest absolute Gasteiger partial charge is 0.364 e. The van der Waals surface area contributed by atoms with E-state index in [0.29, 0.717) is 16.5 Å². The maximum atomic E-state index is 12.6. The van der Waals surface area contributed by atoms with Crippen molar-refractivity contribution in [2.24, 2.45) is 0 Å². The molecule has 7 nitrogen and oxygen atoms in total. The van der Waals surface area contributed by atoms with Crippen LogP contribution in [0.5, 0.6) is 0 Å². The van der Waals surface area contributed by atoms with Gasteiger partial charge in [-0.2, -0.15) is 0 Å². The molecule has 0 saturated carbocycles. The SMILES string of the molecule is CCOC(=O)c1nc2c(=O)oc3ccccc3c2n(CC)c1=O. The summed E-state index contributed by atoms with van der Waals surface area (Å²) in [6.07, 6.45) is 0. The van der Waals surface area contributed by atoms with Crippen LogP contribution in [-0.2, 0) is 11.3 Å². The van der Waals surface area contributed by atoms with Crippen molar-refractivity contribution in [3.8, 4) is 0 Å². The van der Waals surface area contributed by atoms with Crippen LogP contribution in [0, 0.1) is 0 Å². The molecule has 2 heterocycles. The molecular formula is C16H14N2O5. The van der Waals surface area contributed by atoms with Gasteiger partial charge in [0.05, 0.1) is 12.1 Å². The molecule has 0 aliphatic carbocycles. The zero-order valence-electron chi connectivity index (χ0n) is 12.7. The van der Waals surface area contributed by atoms with Crippen LogP contribution < -0.4 is 11.2 Å². The number of para-hydroxylation sites is 1. The van der Waals surface area contributed by atoms with Crippen molar-refractivity contribution in [2.45, 2.75) is 20.4 Å². The van der Waals surface area contributed by atoms with Crippen LogP contribution in [0.15, 0.2) is 38.3 Å². The number of carbonyl (C=O) groups is 1. The van der Waals surface area contributed by atoms with Crippen molar-refractivity contribution in [1.29, 1.82) is 0 Å². The highest BCUT2D eigenvalue weighted by Crippen LogP contribution is 2.20. The number of esters is 1. The molecule has 0 atom stereocenters. The fourth-order valence-electron chi connectivity index (χ4n) is 2.52. The maximum absolute atomic E-state index is 12.6. The van der Waals surface area contributed by atoms with Crippen LogP contribution in [0.2, 0.25) is 0 Å². The highest BCUT2D eigenvalue weighted by Gasteiger charge is 2.21. The van der Waals surface area contributed by atoms with Crippen LogP contribution in [0.1, 0.15) is 24.3 Å². The summed E-state index contributed by atoms with van der Waals surface area (Å²) in [5.74, 6) is -0.853. The summed E-state index contributed by atoms with van der Waals surface area (Å²) < 4.78 is 11.4. The summed E-state index contributed by atoms with van der Waals surface area (Å²) in [7, 11) is 0. The Labute approximate surface area is 130 Å². The number of hydrogen-bond donors (Lipinski definition) is 0. The van der Waals surface area contributed by atoms with Gasteiger partial charge in [-0.1, -0.05) is 12.1 Å². The van der Waals surface area contributed by atoms with Gasteiger partial charge in [0.1, 0.15) is 5.58 Å². The number of ether oxygens (including phenoxy) is 1. The van der Waals surface area contributed by atoms with Crippen LogP contribution in [0.4, 0.5) is 0 Å². The van der Waals surface area contributed by atoms with Crippen molar-refractivity contribution in [3.05, 3.63) is 50.7 Å². The van der Waals surface area contributed by atoms with Crippen LogP contribution in [0.25, 0.3) is 22.0 Å². The Balaban J connectivity index is 2.52. The molecule has 0 fully saturated rings. The summed E-state index contributed by atoms with van der Waals surface area (Å²) in [5, 5.41) is 0.587. The second-order valence-corrected chi connectivity index (χ2v) is 4.81. The van der Waals surface area contributed by atoms with Gasteiger partial charge in [0.2, 0.25) is 5.69 Å². The Bertz CT molecular complexity index is 1030. The van der Waals surface area contributed by atoms with E-state index in [1.807, 2.05) is 0 Å². The third-order valence-electron chi connectivity index (χ3n) is 3.49. The number of nitrogens with zero attached hydrogens (tertiary/aromatic N) is 2. The van der Waals surface area contributed by atoms with Crippen molar-refractivity contribution in [3.63, 3.8) is 0 Å². The van der Waals surface area contributed by atoms with Gasteiger partial charge in [0.25, 0.3) is 5.56 Å². The van der Waals surface area contributed by atoms with Gasteiger partial charge in [-0.25, -0.2) is 14.6 Å². The Morgan fingerprint density at radius 2 is 2.00 bits per heavy atom. The molecule has 3 aromatic rings. The quantitative estimate of drug-likeness (QED) is 0.415. The third-order valence-corrected chi connectivity index (χ3v) is 3.49. The maximum Gasteiger partial charge on any atom is 0.364 e. The van der Waals surface area contributed by atoms with Gasteiger partial charge in [-0.3, -0.25) is 4.79 Å². The topological polar surface area (TPSA) is 91.4 Å². The number of aryl methyl sites for hydroxylation is 1. The lowest BCUT2D eigenvalue weighted by Gasteiger charge is -2.11. The number of benzene rings is 1. The molecule has 0 radical (unpaired) electrons. The lowest BCUT2D eigenvalue weighted by Crippen LogP contribution is -2.30. The predicted molar refractivity (Wildman–Crippen MR) is 83.7 cm³/mol. The van der Waals surface area contributed by atoms with E-state index < -0.39 is 22.8 Å². The second kappa shape index (κ2) is 5.68. The predicted octanol–water partition coefficient (Wildman–Crippen LogP) is 1.70. The standard InChI is InChI=1S/C16H14N2O5/c1-3-18-13-9-7-5-6-8-10(9)23-16(21)11(13)17-12(14(18)19)15(20)22-4-2/h5-8H,3-4H2,1-2H3. The molecule has 0 unspecified atom stereocenters. The molecule has 23 heavy (non-hydrogen) atoms. The van der Waals surface area contributed by atoms with Crippen molar-refractivity contribution in [1.82, 2.24) is 9.55 Å². The van der Waals surface area contributed by atoms with E-state index in [2.05, 4.69) is 4.98 Å². The summed E-state index contributed by atoms with van der Waals surface area (Å²) in [6.45, 7) is 3.76. The molecular weight excluding hydrogens is 300 g/mol. The minimum absolute atomic E-state index is 0.0618. The lowest BCUT2D eigenvalue weighted by molar-refractivity contribution is 0.0517. The first-order valence-electron chi connectivity index (χ1n) is 7.22. The average molecular weight is 314 g/mol. The van der Waals surface area contributed by atoms with E-state index in [-0.39, 0.29) is 18.7 Å². The molecule has 118 valence electrons. The normalized spacial score (nSPS) is 11.0. The third kappa shape index (κ3) is 2.30. The molecule has 0 N–H and O–H groups in total. The molecule has 0 aliphatic heterocycles. The number of rotatable bonds is 3. The van der Waals surface area contributed by atoms with Crippen LogP contribution >= 0.6 is 0 Å². The number of aromatic nitrogens is 2. The van der Waals surface area contributed by atoms with E-state index in [1.54, 1.807) is 38.1 Å². The zero-order chi connectivity index (χ0) is 16.6. The molecule has 0 spiro atoms. The number of carbonyl (C=O) groups excluding carboxylic acids is 1. The van der Waals surface area contributed by atoms with Gasteiger partial charge < -0.3 is 13.7 Å². The fourth-order valence-corrected chi connectivity index (χ4v) is 2.52. The van der Waals surface area contributed by atoms with Gasteiger partial charge in [0.15, 0.2) is 5.52 Å². The van der Waals surface area contributed by atoms with E-state index in [4.69, 9.17) is 9.15 Å². The van der Waals surface area contributed by atoms with Crippen LogP contribution in [0.3, 0.4) is 0 Å². The highest BCUT2D eigenvalue weighted by molar-refractivity contribution is 6.01. The van der Waals surface area contributed by atoms with E-state index >= 15 is 0 Å². The van der Waals surface area contributed by atoms with E-state index in [0.717, 1.165) is 0 Å². The summed E-state index contributed by atoms with van der Waals surface area (Å²) in [5.41, 5.74) is -1.05. The second-order valence-electron chi connectivity index (χ2n) is 4.81. The van der Waals surface area contributed by atoms with Crippen molar-refractivity contribution < 1.29 is 13.9 Å². The van der Waals surface area contributed by atoms with Crippen LogP contribution in [-0.4, -0.2) is 22.1 Å². The van der Waals surface area contributed by atoms with Gasteiger partial charge in [-0.05, 0) is 26.0 Å². The zero-order valence-corrected chi connectivity index (χ0v) is 12.7. The summed E-state index contributed by atoms with van der Waals surface area (Å²) in [4.78, 5) is 40.6. The van der Waals surface area contributed by atoms with Gasteiger partial charge >= 0.3 is 11.6 Å². The van der Waals surface area contributed by atoms with E-state index in [9.17, 15) is 14.4 Å². The molecule has 0 aliphatic rings. The first-order valence-corrected chi connectivity index (χ1v) is 7.22. The largest absolute Gasteiger partial charge is 0.461 e. The minimum Gasteiger partial charge on any atom is -0.461 e. The Morgan fingerprint density at radius 1 is 1.26 bits per heavy atom. The molecule has 1 aromatic carbocycles. The molecule has 0 bridgehead atoms. The Hall–Kier alpha value is -2.96. The first-order chi connectivity index (χ1) is 11.1. The molecule has 0 saturated heterocycles. The van der Waals surface area contributed by atoms with E-state index in [1.165, 1.54) is 4.57 Å². The summed E-state index contributed by atoms with van der Waals surface area (Å²) >= 11 is 0. The lowest BCUT2D eigenvalue weighted by atomic mass is 10.2. The minimum atomic E-state index is -0.853. The number of fused-ring (bicyclic) bond motifs is 3. The monoisotopic (exact) mass is 314 g/mol. The Kier molecular flexibility index (Phi) is 3.69. The first kappa shape index (κ1) is 15.0. The van der Waals surface area contributed by atoms with Crippen molar-refractivity contribution in [2.75, 3.05) is 6.61 Å². The molecule has 7 heteroatoms. The average Bonchev–Trinajstić information content (AvgIpc) is 2.54. The molecule has 3 rings (SSSR count). The highest BCUT2D eigenvalue weighted by atomic mass is 16.5. The number of hydrogen-bond acceptors (Lipinski definition) is 6. The summed E-state index contributed by atoms with van der Waals surface area (Å²) in [6, 6.07) is 6.87. The van der Waals surface area contributed by atoms with Crippen molar-refractivity contribution >= 4 is 28.0 Å². The molecule has 2 aromatic heterocycles. The van der Waals surface area contributed by atoms with Gasteiger partial charge in [-0.15, -0.1) is 0 Å².